The lowest BCUT2D eigenvalue weighted by Crippen LogP contribution is -2.09. The summed E-state index contributed by atoms with van der Waals surface area (Å²) < 4.78 is 73.0. The molecule has 0 atom stereocenters. The van der Waals surface area contributed by atoms with Gasteiger partial charge in [0.15, 0.2) is 5.82 Å². The van der Waals surface area contributed by atoms with E-state index in [4.69, 9.17) is 0 Å². The van der Waals surface area contributed by atoms with Crippen LogP contribution < -0.4 is 11.1 Å². The van der Waals surface area contributed by atoms with Gasteiger partial charge < -0.3 is 5.32 Å². The molecule has 0 aliphatic heterocycles. The molecule has 1 aromatic carbocycles. The van der Waals surface area contributed by atoms with Gasteiger partial charge in [-0.1, -0.05) is 21.1 Å². The summed E-state index contributed by atoms with van der Waals surface area (Å²) in [6, 6.07) is 4.58. The molecule has 0 aliphatic rings. The highest BCUT2D eigenvalue weighted by Gasteiger charge is 2.37. The van der Waals surface area contributed by atoms with E-state index in [9.17, 15) is 26.7 Å². The maximum Gasteiger partial charge on any atom is 0.439 e. The molecule has 0 radical (unpaired) electrons. The van der Waals surface area contributed by atoms with E-state index < -0.39 is 29.1 Å². The van der Waals surface area contributed by atoms with E-state index in [-0.39, 0.29) is 50.1 Å². The highest BCUT2D eigenvalue weighted by molar-refractivity contribution is 9.10. The van der Waals surface area contributed by atoms with Crippen molar-refractivity contribution in [2.75, 3.05) is 11.9 Å². The Bertz CT molecular complexity index is 1340. The number of thiophene rings is 1. The first-order chi connectivity index (χ1) is 15.6. The van der Waals surface area contributed by atoms with Crippen LogP contribution in [-0.2, 0) is 12.6 Å². The minimum absolute atomic E-state index is 0.00514. The molecule has 0 spiro atoms. The number of hydrogen-bond donors (Lipinski definition) is 2. The van der Waals surface area contributed by atoms with E-state index in [0.29, 0.717) is 11.3 Å². The van der Waals surface area contributed by atoms with Crippen LogP contribution in [0, 0.1) is 11.6 Å². The Kier molecular flexibility index (Phi) is 6.30. The third kappa shape index (κ3) is 5.11. The minimum atomic E-state index is -4.72. The molecule has 0 saturated heterocycles. The molecule has 0 fully saturated rings. The first-order valence-corrected chi connectivity index (χ1v) is 10.7. The van der Waals surface area contributed by atoms with E-state index in [2.05, 4.69) is 45.9 Å². The third-order valence-electron chi connectivity index (χ3n) is 4.40. The molecule has 4 aromatic rings. The van der Waals surface area contributed by atoms with Crippen LogP contribution in [0.4, 0.5) is 27.8 Å². The molecule has 7 nitrogen and oxygen atoms in total. The molecule has 3 heterocycles. The Morgan fingerprint density at radius 2 is 1.85 bits per heavy atom. The molecule has 2 N–H and O–H groups in total. The highest BCUT2D eigenvalue weighted by atomic mass is 79.9. The van der Waals surface area contributed by atoms with E-state index in [1.54, 1.807) is 0 Å². The minimum Gasteiger partial charge on any atom is -0.370 e. The number of alkyl halides is 3. The summed E-state index contributed by atoms with van der Waals surface area (Å²) in [5, 5.41) is 6.20. The highest BCUT2D eigenvalue weighted by Crippen LogP contribution is 2.44. The summed E-state index contributed by atoms with van der Waals surface area (Å²) >= 11 is 3.71. The van der Waals surface area contributed by atoms with Crippen molar-refractivity contribution in [2.24, 2.45) is 0 Å². The van der Waals surface area contributed by atoms with Crippen molar-refractivity contribution in [3.63, 3.8) is 0 Å². The fourth-order valence-electron chi connectivity index (χ4n) is 2.95. The van der Waals surface area contributed by atoms with Gasteiger partial charge in [0.05, 0.1) is 21.0 Å². The number of benzene rings is 1. The number of aromatic nitrogens is 4. The Morgan fingerprint density at radius 1 is 1.12 bits per heavy atom. The van der Waals surface area contributed by atoms with Gasteiger partial charge in [-0.3, -0.25) is 9.51 Å². The maximum atomic E-state index is 14.0. The number of H-pyrrole nitrogens is 1. The predicted octanol–water partition coefficient (Wildman–Crippen LogP) is 5.26. The standard InChI is InChI=1S/C19H11BrF5N5O2S/c20-8-3-11(21)9(12(22)4-8)1-2-26-15-6-13(27-7-28-15)14-5-10(19(23,24)25)16(33-14)17-29-18(31)32-30-17/h3-7H,1-2H2,(H,26,27,28)(H,29,30,31). The van der Waals surface area contributed by atoms with Crippen LogP contribution in [0.3, 0.4) is 0 Å². The molecular formula is C19H11BrF5N5O2S. The second-order valence-corrected chi connectivity index (χ2v) is 8.58. The van der Waals surface area contributed by atoms with Crippen LogP contribution in [0.2, 0.25) is 0 Å². The molecule has 0 bridgehead atoms. The average Bonchev–Trinajstić information content (AvgIpc) is 3.36. The Morgan fingerprint density at radius 3 is 2.48 bits per heavy atom. The molecule has 0 unspecified atom stereocenters. The van der Waals surface area contributed by atoms with Gasteiger partial charge >= 0.3 is 11.9 Å². The smallest absolute Gasteiger partial charge is 0.370 e. The molecule has 0 saturated carbocycles. The normalized spacial score (nSPS) is 11.7. The molecule has 3 aromatic heterocycles. The van der Waals surface area contributed by atoms with Crippen LogP contribution in [0.25, 0.3) is 21.3 Å². The van der Waals surface area contributed by atoms with Gasteiger partial charge in [0.1, 0.15) is 23.8 Å². The topological polar surface area (TPSA) is 96.7 Å². The van der Waals surface area contributed by atoms with Crippen molar-refractivity contribution in [1.29, 1.82) is 0 Å². The fraction of sp³-hybridized carbons (Fsp3) is 0.158. The number of rotatable bonds is 6. The van der Waals surface area contributed by atoms with Crippen molar-refractivity contribution in [2.45, 2.75) is 12.6 Å². The van der Waals surface area contributed by atoms with Crippen LogP contribution in [0.5, 0.6) is 0 Å². The molecular weight excluding hydrogens is 537 g/mol. The van der Waals surface area contributed by atoms with E-state index >= 15 is 0 Å². The first kappa shape index (κ1) is 23.0. The summed E-state index contributed by atoms with van der Waals surface area (Å²) in [5.74, 6) is -2.50. The molecule has 33 heavy (non-hydrogen) atoms. The number of halogens is 6. The molecule has 172 valence electrons. The molecule has 0 amide bonds. The van der Waals surface area contributed by atoms with Crippen LogP contribution in [0.15, 0.2) is 44.4 Å². The van der Waals surface area contributed by atoms with Crippen molar-refractivity contribution in [3.05, 3.63) is 68.4 Å². The molecule has 0 aliphatic carbocycles. The zero-order valence-electron chi connectivity index (χ0n) is 16.1. The second kappa shape index (κ2) is 9.02. The van der Waals surface area contributed by atoms with Gasteiger partial charge in [-0.25, -0.2) is 23.5 Å². The van der Waals surface area contributed by atoms with Gasteiger partial charge in [-0.15, -0.1) is 11.3 Å². The van der Waals surface area contributed by atoms with Crippen molar-refractivity contribution in [1.82, 2.24) is 20.1 Å². The van der Waals surface area contributed by atoms with Crippen molar-refractivity contribution in [3.8, 4) is 21.3 Å². The van der Waals surface area contributed by atoms with E-state index in [0.717, 1.165) is 24.5 Å². The lowest BCUT2D eigenvalue weighted by atomic mass is 10.1. The summed E-state index contributed by atoms with van der Waals surface area (Å²) in [6.45, 7) is 0.107. The van der Waals surface area contributed by atoms with E-state index in [1.807, 2.05) is 0 Å². The largest absolute Gasteiger partial charge is 0.439 e. The zero-order valence-corrected chi connectivity index (χ0v) is 18.5. The van der Waals surface area contributed by atoms with Gasteiger partial charge in [0.25, 0.3) is 0 Å². The average molecular weight is 548 g/mol. The van der Waals surface area contributed by atoms with Crippen LogP contribution >= 0.6 is 27.3 Å². The quantitative estimate of drug-likeness (QED) is 0.319. The number of hydrogen-bond acceptors (Lipinski definition) is 7. The number of nitrogens with one attached hydrogen (secondary N) is 2. The Labute approximate surface area is 193 Å². The van der Waals surface area contributed by atoms with Crippen molar-refractivity contribution >= 4 is 33.1 Å². The number of anilines is 1. The zero-order chi connectivity index (χ0) is 23.8. The van der Waals surface area contributed by atoms with Gasteiger partial charge in [-0.2, -0.15) is 13.2 Å². The van der Waals surface area contributed by atoms with Gasteiger partial charge in [0.2, 0.25) is 0 Å². The van der Waals surface area contributed by atoms with Crippen molar-refractivity contribution < 1.29 is 26.5 Å². The predicted molar refractivity (Wildman–Crippen MR) is 113 cm³/mol. The lowest BCUT2D eigenvalue weighted by molar-refractivity contribution is -0.136. The summed E-state index contributed by atoms with van der Waals surface area (Å²) in [6.07, 6.45) is -3.57. The number of nitrogens with zero attached hydrogens (tertiary/aromatic N) is 3. The lowest BCUT2D eigenvalue weighted by Gasteiger charge is -2.08. The first-order valence-electron chi connectivity index (χ1n) is 9.09. The van der Waals surface area contributed by atoms with E-state index in [1.165, 1.54) is 6.07 Å². The molecule has 14 heteroatoms. The van der Waals surface area contributed by atoms with Crippen LogP contribution in [0.1, 0.15) is 11.1 Å². The van der Waals surface area contributed by atoms with Gasteiger partial charge in [-0.05, 0) is 24.6 Å². The third-order valence-corrected chi connectivity index (χ3v) is 6.02. The fourth-order valence-corrected chi connectivity index (χ4v) is 4.43. The summed E-state index contributed by atoms with van der Waals surface area (Å²) in [4.78, 5) is 21.1. The Hall–Kier alpha value is -3.13. The number of aromatic amines is 1. The Balaban J connectivity index is 1.57. The SMILES string of the molecule is O=c1[nH]c(-c2sc(-c3cc(NCCc4c(F)cc(Br)cc4F)ncn3)cc2C(F)(F)F)no1. The maximum absolute atomic E-state index is 14.0. The summed E-state index contributed by atoms with van der Waals surface area (Å²) in [7, 11) is 0. The van der Waals surface area contributed by atoms with Crippen LogP contribution in [-0.4, -0.2) is 26.7 Å². The second-order valence-electron chi connectivity index (χ2n) is 6.61. The molecule has 4 rings (SSSR count). The summed E-state index contributed by atoms with van der Waals surface area (Å²) in [5.41, 5.74) is -0.957. The van der Waals surface area contributed by atoms with Gasteiger partial charge in [0, 0.05) is 22.6 Å². The monoisotopic (exact) mass is 547 g/mol.